The molecule has 3 rings (SSSR count). The Morgan fingerprint density at radius 1 is 1.34 bits per heavy atom. The van der Waals surface area contributed by atoms with Crippen molar-refractivity contribution in [2.45, 2.75) is 57.2 Å². The molecule has 0 spiro atoms. The van der Waals surface area contributed by atoms with Gasteiger partial charge in [0.15, 0.2) is 12.1 Å². The van der Waals surface area contributed by atoms with Crippen LogP contribution in [0, 0.1) is 0 Å². The van der Waals surface area contributed by atoms with Gasteiger partial charge in [-0.1, -0.05) is 23.2 Å². The van der Waals surface area contributed by atoms with Crippen molar-refractivity contribution >= 4 is 29.1 Å². The van der Waals surface area contributed by atoms with Gasteiger partial charge in [-0.15, -0.1) is 0 Å². The molecular formula is C19H25Cl2NO7. The van der Waals surface area contributed by atoms with E-state index in [9.17, 15) is 9.90 Å². The maximum absolute atomic E-state index is 11.6. The van der Waals surface area contributed by atoms with E-state index in [-0.39, 0.29) is 25.7 Å². The van der Waals surface area contributed by atoms with Crippen LogP contribution in [0.4, 0.5) is 0 Å². The Morgan fingerprint density at radius 3 is 2.79 bits per heavy atom. The smallest absolute Gasteiger partial charge is 0.217 e. The molecule has 29 heavy (non-hydrogen) atoms. The van der Waals surface area contributed by atoms with Crippen molar-refractivity contribution in [3.8, 4) is 5.75 Å². The van der Waals surface area contributed by atoms with Crippen LogP contribution < -0.4 is 10.1 Å². The second kappa shape index (κ2) is 9.34. The summed E-state index contributed by atoms with van der Waals surface area (Å²) in [5.74, 6) is -0.703. The van der Waals surface area contributed by atoms with Crippen molar-refractivity contribution in [1.82, 2.24) is 5.32 Å². The van der Waals surface area contributed by atoms with Gasteiger partial charge in [0.1, 0.15) is 36.7 Å². The predicted octanol–water partition coefficient (Wildman–Crippen LogP) is 2.13. The summed E-state index contributed by atoms with van der Waals surface area (Å²) < 4.78 is 28.7. The number of amides is 1. The first-order chi connectivity index (χ1) is 13.7. The lowest BCUT2D eigenvalue weighted by atomic mass is 9.95. The average molecular weight is 450 g/mol. The SMILES string of the molecule is CC(=O)N[C@@H]1[C@@H](OCCOc2ccc(Cl)cc2Cl)O[C@@H]2COC(C)(C)O[C@@H]2[C@H]1O. The van der Waals surface area contributed by atoms with Gasteiger partial charge in [-0.05, 0) is 32.0 Å². The Hall–Kier alpha value is -1.13. The van der Waals surface area contributed by atoms with Crippen molar-refractivity contribution in [2.24, 2.45) is 0 Å². The van der Waals surface area contributed by atoms with Crippen molar-refractivity contribution in [1.29, 1.82) is 0 Å². The van der Waals surface area contributed by atoms with Gasteiger partial charge in [-0.3, -0.25) is 4.79 Å². The molecule has 1 aromatic rings. The van der Waals surface area contributed by atoms with E-state index in [1.165, 1.54) is 6.92 Å². The zero-order valence-corrected chi connectivity index (χ0v) is 17.9. The van der Waals surface area contributed by atoms with Crippen LogP contribution in [0.5, 0.6) is 5.75 Å². The number of carbonyl (C=O) groups excluding carboxylic acids is 1. The molecule has 0 aliphatic carbocycles. The minimum Gasteiger partial charge on any atom is -0.490 e. The van der Waals surface area contributed by atoms with Crippen LogP contribution in [-0.2, 0) is 23.7 Å². The number of aliphatic hydroxyl groups excluding tert-OH is 1. The number of halogens is 2. The molecule has 1 amide bonds. The number of benzene rings is 1. The third-order valence-corrected chi connectivity index (χ3v) is 5.11. The molecule has 5 atom stereocenters. The van der Waals surface area contributed by atoms with Crippen LogP contribution in [0.3, 0.4) is 0 Å². The third-order valence-electron chi connectivity index (χ3n) is 4.58. The molecule has 1 aromatic carbocycles. The number of ether oxygens (including phenoxy) is 5. The molecule has 0 bridgehead atoms. The zero-order chi connectivity index (χ0) is 21.2. The predicted molar refractivity (Wildman–Crippen MR) is 105 cm³/mol. The molecule has 2 aliphatic heterocycles. The number of hydrogen-bond donors (Lipinski definition) is 2. The van der Waals surface area contributed by atoms with Crippen molar-refractivity contribution in [3.05, 3.63) is 28.2 Å². The molecule has 0 aromatic heterocycles. The summed E-state index contributed by atoms with van der Waals surface area (Å²) in [4.78, 5) is 11.6. The molecule has 0 radical (unpaired) electrons. The van der Waals surface area contributed by atoms with E-state index in [2.05, 4.69) is 5.32 Å². The van der Waals surface area contributed by atoms with E-state index in [4.69, 9.17) is 46.9 Å². The molecule has 162 valence electrons. The van der Waals surface area contributed by atoms with E-state index in [0.29, 0.717) is 15.8 Å². The highest BCUT2D eigenvalue weighted by Gasteiger charge is 2.51. The van der Waals surface area contributed by atoms with E-state index in [1.807, 2.05) is 0 Å². The summed E-state index contributed by atoms with van der Waals surface area (Å²) in [6, 6.07) is 4.11. The number of carbonyl (C=O) groups is 1. The largest absolute Gasteiger partial charge is 0.490 e. The molecule has 2 heterocycles. The van der Waals surface area contributed by atoms with Gasteiger partial charge < -0.3 is 34.1 Å². The zero-order valence-electron chi connectivity index (χ0n) is 16.4. The van der Waals surface area contributed by atoms with Crippen LogP contribution in [0.25, 0.3) is 0 Å². The summed E-state index contributed by atoms with van der Waals surface area (Å²) >= 11 is 11.9. The maximum Gasteiger partial charge on any atom is 0.217 e. The molecule has 2 aliphatic rings. The third kappa shape index (κ3) is 5.73. The average Bonchev–Trinajstić information content (AvgIpc) is 2.63. The molecule has 2 N–H and O–H groups in total. The van der Waals surface area contributed by atoms with Gasteiger partial charge >= 0.3 is 0 Å². The van der Waals surface area contributed by atoms with Gasteiger partial charge in [0, 0.05) is 11.9 Å². The Labute approximate surface area is 179 Å². The molecule has 0 unspecified atom stereocenters. The standard InChI is InChI=1S/C19H25Cl2NO7/c1-10(23)22-15-16(24)17-14(9-27-19(2,3)29-17)28-18(15)26-7-6-25-13-5-4-11(20)8-12(13)21/h4-5,8,14-18,24H,6-7,9H2,1-3H3,(H,22,23)/t14-,15+,16+,17+,18+/m1/s1. The fourth-order valence-electron chi connectivity index (χ4n) is 3.28. The molecule has 2 saturated heterocycles. The van der Waals surface area contributed by atoms with E-state index in [0.717, 1.165) is 0 Å². The number of rotatable bonds is 6. The van der Waals surface area contributed by atoms with Crippen LogP contribution in [-0.4, -0.2) is 67.3 Å². The Balaban J connectivity index is 1.59. The highest BCUT2D eigenvalue weighted by molar-refractivity contribution is 6.35. The van der Waals surface area contributed by atoms with Crippen molar-refractivity contribution in [3.63, 3.8) is 0 Å². The van der Waals surface area contributed by atoms with Gasteiger partial charge in [-0.25, -0.2) is 0 Å². The summed E-state index contributed by atoms with van der Waals surface area (Å²) in [5, 5.41) is 14.4. The number of nitrogens with one attached hydrogen (secondary N) is 1. The van der Waals surface area contributed by atoms with Crippen LogP contribution in [0.2, 0.25) is 10.0 Å². The van der Waals surface area contributed by atoms with Crippen molar-refractivity contribution < 1.29 is 33.6 Å². The number of aliphatic hydroxyl groups is 1. The molecule has 0 saturated carbocycles. The van der Waals surface area contributed by atoms with E-state index < -0.39 is 36.4 Å². The highest BCUT2D eigenvalue weighted by Crippen LogP contribution is 2.33. The molecular weight excluding hydrogens is 425 g/mol. The Kier molecular flexibility index (Phi) is 7.27. The lowest BCUT2D eigenvalue weighted by molar-refractivity contribution is -0.369. The monoisotopic (exact) mass is 449 g/mol. The number of hydrogen-bond acceptors (Lipinski definition) is 7. The lowest BCUT2D eigenvalue weighted by Gasteiger charge is -2.49. The van der Waals surface area contributed by atoms with E-state index >= 15 is 0 Å². The van der Waals surface area contributed by atoms with Crippen molar-refractivity contribution in [2.75, 3.05) is 19.8 Å². The minimum absolute atomic E-state index is 0.136. The van der Waals surface area contributed by atoms with Gasteiger partial charge in [0.25, 0.3) is 0 Å². The van der Waals surface area contributed by atoms with Gasteiger partial charge in [-0.2, -0.15) is 0 Å². The Morgan fingerprint density at radius 2 is 2.10 bits per heavy atom. The maximum atomic E-state index is 11.6. The van der Waals surface area contributed by atoms with Gasteiger partial charge in [0.05, 0.1) is 18.2 Å². The summed E-state index contributed by atoms with van der Waals surface area (Å²) in [7, 11) is 0. The topological polar surface area (TPSA) is 95.5 Å². The van der Waals surface area contributed by atoms with Gasteiger partial charge in [0.2, 0.25) is 5.91 Å². The summed E-state index contributed by atoms with van der Waals surface area (Å²) in [5.41, 5.74) is 0. The van der Waals surface area contributed by atoms with Crippen LogP contribution in [0.1, 0.15) is 20.8 Å². The molecule has 2 fully saturated rings. The normalized spacial score (nSPS) is 31.0. The first kappa shape index (κ1) is 22.6. The highest BCUT2D eigenvalue weighted by atomic mass is 35.5. The van der Waals surface area contributed by atoms with Crippen LogP contribution >= 0.6 is 23.2 Å². The quantitative estimate of drug-likeness (QED) is 0.642. The second-order valence-electron chi connectivity index (χ2n) is 7.35. The second-order valence-corrected chi connectivity index (χ2v) is 8.19. The fraction of sp³-hybridized carbons (Fsp3) is 0.632. The first-order valence-corrected chi connectivity index (χ1v) is 10.0. The Bertz CT molecular complexity index is 733. The van der Waals surface area contributed by atoms with E-state index in [1.54, 1.807) is 32.0 Å². The summed E-state index contributed by atoms with van der Waals surface area (Å²) in [6.45, 7) is 5.42. The van der Waals surface area contributed by atoms with Crippen LogP contribution in [0.15, 0.2) is 18.2 Å². The first-order valence-electron chi connectivity index (χ1n) is 9.28. The fourth-order valence-corrected chi connectivity index (χ4v) is 3.75. The lowest BCUT2D eigenvalue weighted by Crippen LogP contribution is -2.68. The number of fused-ring (bicyclic) bond motifs is 1. The molecule has 8 nitrogen and oxygen atoms in total. The summed E-state index contributed by atoms with van der Waals surface area (Å²) in [6.07, 6.45) is -3.11. The minimum atomic E-state index is -1.03. The molecule has 10 heteroatoms.